The molecule has 0 saturated heterocycles. The standard InChI is InChI=1S/C17H22N2O/c18-12-5-1-2-11-17(20)19-13-15-9-6-8-14-7-3-4-10-16(14)15/h3-4,6-10H,1-2,5,11-13,18H2,(H,19,20). The van der Waals surface area contributed by atoms with Crippen LogP contribution >= 0.6 is 0 Å². The Morgan fingerprint density at radius 3 is 2.65 bits per heavy atom. The number of fused-ring (bicyclic) bond motifs is 1. The van der Waals surface area contributed by atoms with E-state index in [0.717, 1.165) is 19.3 Å². The van der Waals surface area contributed by atoms with Crippen LogP contribution in [-0.4, -0.2) is 12.5 Å². The summed E-state index contributed by atoms with van der Waals surface area (Å²) in [5.41, 5.74) is 6.60. The molecule has 0 bridgehead atoms. The first-order valence-electron chi connectivity index (χ1n) is 7.24. The molecule has 0 aliphatic carbocycles. The normalized spacial score (nSPS) is 10.7. The van der Waals surface area contributed by atoms with E-state index in [2.05, 4.69) is 29.6 Å². The highest BCUT2D eigenvalue weighted by atomic mass is 16.1. The largest absolute Gasteiger partial charge is 0.352 e. The molecule has 2 aromatic carbocycles. The fourth-order valence-electron chi connectivity index (χ4n) is 2.34. The summed E-state index contributed by atoms with van der Waals surface area (Å²) in [6, 6.07) is 14.4. The van der Waals surface area contributed by atoms with Gasteiger partial charge in [-0.1, -0.05) is 48.9 Å². The molecule has 2 aromatic rings. The molecular weight excluding hydrogens is 248 g/mol. The van der Waals surface area contributed by atoms with E-state index in [1.165, 1.54) is 16.3 Å². The average Bonchev–Trinajstić information content (AvgIpc) is 2.49. The van der Waals surface area contributed by atoms with Gasteiger partial charge in [-0.15, -0.1) is 0 Å². The quantitative estimate of drug-likeness (QED) is 0.760. The third-order valence-corrected chi connectivity index (χ3v) is 3.46. The van der Waals surface area contributed by atoms with Crippen molar-refractivity contribution in [1.82, 2.24) is 5.32 Å². The molecule has 2 rings (SSSR count). The van der Waals surface area contributed by atoms with E-state index in [0.29, 0.717) is 19.5 Å². The van der Waals surface area contributed by atoms with E-state index in [1.807, 2.05) is 18.2 Å². The highest BCUT2D eigenvalue weighted by Crippen LogP contribution is 2.18. The van der Waals surface area contributed by atoms with Crippen molar-refractivity contribution < 1.29 is 4.79 Å². The van der Waals surface area contributed by atoms with Gasteiger partial charge >= 0.3 is 0 Å². The second-order valence-corrected chi connectivity index (χ2v) is 5.01. The summed E-state index contributed by atoms with van der Waals surface area (Å²) in [7, 11) is 0. The van der Waals surface area contributed by atoms with Crippen LogP contribution in [0.2, 0.25) is 0 Å². The van der Waals surface area contributed by atoms with Crippen molar-refractivity contribution in [2.45, 2.75) is 32.2 Å². The second-order valence-electron chi connectivity index (χ2n) is 5.01. The van der Waals surface area contributed by atoms with E-state index in [4.69, 9.17) is 5.73 Å². The Bertz CT molecular complexity index is 560. The van der Waals surface area contributed by atoms with Crippen LogP contribution in [0.4, 0.5) is 0 Å². The smallest absolute Gasteiger partial charge is 0.220 e. The summed E-state index contributed by atoms with van der Waals surface area (Å²) in [6.07, 6.45) is 3.53. The Morgan fingerprint density at radius 1 is 1.00 bits per heavy atom. The minimum atomic E-state index is 0.120. The zero-order valence-corrected chi connectivity index (χ0v) is 11.8. The molecule has 3 N–H and O–H groups in total. The first-order valence-corrected chi connectivity index (χ1v) is 7.24. The predicted octanol–water partition coefficient (Wildman–Crippen LogP) is 2.98. The molecule has 0 aliphatic rings. The predicted molar refractivity (Wildman–Crippen MR) is 83.3 cm³/mol. The molecule has 3 heteroatoms. The van der Waals surface area contributed by atoms with E-state index in [1.54, 1.807) is 0 Å². The van der Waals surface area contributed by atoms with Gasteiger partial charge in [0.1, 0.15) is 0 Å². The summed E-state index contributed by atoms with van der Waals surface area (Å²) < 4.78 is 0. The summed E-state index contributed by atoms with van der Waals surface area (Å²) >= 11 is 0. The van der Waals surface area contributed by atoms with E-state index in [9.17, 15) is 4.79 Å². The number of rotatable bonds is 7. The first-order chi connectivity index (χ1) is 9.81. The van der Waals surface area contributed by atoms with Crippen molar-refractivity contribution in [3.63, 3.8) is 0 Å². The van der Waals surface area contributed by atoms with Crippen LogP contribution < -0.4 is 11.1 Å². The zero-order chi connectivity index (χ0) is 14.2. The van der Waals surface area contributed by atoms with Crippen LogP contribution in [0.1, 0.15) is 31.2 Å². The number of nitrogens with one attached hydrogen (secondary N) is 1. The molecule has 0 saturated carbocycles. The highest BCUT2D eigenvalue weighted by Gasteiger charge is 2.03. The molecule has 0 aromatic heterocycles. The van der Waals surface area contributed by atoms with Gasteiger partial charge in [0.15, 0.2) is 0 Å². The van der Waals surface area contributed by atoms with Crippen LogP contribution in [0, 0.1) is 0 Å². The Morgan fingerprint density at radius 2 is 1.80 bits per heavy atom. The van der Waals surface area contributed by atoms with Crippen molar-refractivity contribution in [3.05, 3.63) is 48.0 Å². The average molecular weight is 270 g/mol. The minimum absolute atomic E-state index is 0.120. The van der Waals surface area contributed by atoms with Gasteiger partial charge in [0.05, 0.1) is 0 Å². The fourth-order valence-corrected chi connectivity index (χ4v) is 2.34. The summed E-state index contributed by atoms with van der Waals surface area (Å²) in [4.78, 5) is 11.8. The first kappa shape index (κ1) is 14.5. The number of hydrogen-bond acceptors (Lipinski definition) is 2. The molecule has 0 aliphatic heterocycles. The fraction of sp³-hybridized carbons (Fsp3) is 0.353. The van der Waals surface area contributed by atoms with Crippen LogP contribution in [0.15, 0.2) is 42.5 Å². The molecule has 0 heterocycles. The highest BCUT2D eigenvalue weighted by molar-refractivity contribution is 5.86. The number of carbonyl (C=O) groups is 1. The molecule has 0 radical (unpaired) electrons. The van der Waals surface area contributed by atoms with Gasteiger partial charge in [-0.2, -0.15) is 0 Å². The van der Waals surface area contributed by atoms with Gasteiger partial charge < -0.3 is 11.1 Å². The van der Waals surface area contributed by atoms with Gasteiger partial charge in [-0.25, -0.2) is 0 Å². The second kappa shape index (κ2) is 7.65. The Balaban J connectivity index is 1.88. The molecule has 3 nitrogen and oxygen atoms in total. The number of unbranched alkanes of at least 4 members (excludes halogenated alkanes) is 2. The van der Waals surface area contributed by atoms with Crippen LogP contribution in [0.25, 0.3) is 10.8 Å². The lowest BCUT2D eigenvalue weighted by molar-refractivity contribution is -0.121. The van der Waals surface area contributed by atoms with Crippen molar-refractivity contribution >= 4 is 16.7 Å². The summed E-state index contributed by atoms with van der Waals surface area (Å²) in [6.45, 7) is 1.30. The monoisotopic (exact) mass is 270 g/mol. The van der Waals surface area contributed by atoms with Crippen LogP contribution in [0.3, 0.4) is 0 Å². The number of hydrogen-bond donors (Lipinski definition) is 2. The number of nitrogens with two attached hydrogens (primary N) is 1. The maximum absolute atomic E-state index is 11.8. The lowest BCUT2D eigenvalue weighted by Gasteiger charge is -2.08. The topological polar surface area (TPSA) is 55.1 Å². The van der Waals surface area contributed by atoms with E-state index in [-0.39, 0.29) is 5.91 Å². The number of benzene rings is 2. The van der Waals surface area contributed by atoms with Crippen molar-refractivity contribution in [2.24, 2.45) is 5.73 Å². The summed E-state index contributed by atoms with van der Waals surface area (Å²) in [5.74, 6) is 0.120. The Kier molecular flexibility index (Phi) is 5.56. The van der Waals surface area contributed by atoms with E-state index < -0.39 is 0 Å². The maximum Gasteiger partial charge on any atom is 0.220 e. The van der Waals surface area contributed by atoms with Crippen LogP contribution in [0.5, 0.6) is 0 Å². The molecule has 0 unspecified atom stereocenters. The molecule has 1 amide bonds. The Hall–Kier alpha value is -1.87. The van der Waals surface area contributed by atoms with Gasteiger partial charge in [0.25, 0.3) is 0 Å². The number of carbonyl (C=O) groups excluding carboxylic acids is 1. The van der Waals surface area contributed by atoms with Crippen molar-refractivity contribution in [3.8, 4) is 0 Å². The Labute approximate surface area is 120 Å². The SMILES string of the molecule is NCCCCCC(=O)NCc1cccc2ccccc12. The molecule has 0 fully saturated rings. The lowest BCUT2D eigenvalue weighted by Crippen LogP contribution is -2.22. The number of amides is 1. The maximum atomic E-state index is 11.8. The van der Waals surface area contributed by atoms with Gasteiger partial charge in [0.2, 0.25) is 5.91 Å². The van der Waals surface area contributed by atoms with Crippen molar-refractivity contribution in [1.29, 1.82) is 0 Å². The zero-order valence-electron chi connectivity index (χ0n) is 11.8. The third kappa shape index (κ3) is 4.07. The molecule has 0 spiro atoms. The lowest BCUT2D eigenvalue weighted by atomic mass is 10.0. The van der Waals surface area contributed by atoms with E-state index >= 15 is 0 Å². The van der Waals surface area contributed by atoms with Crippen molar-refractivity contribution in [2.75, 3.05) is 6.54 Å². The molecule has 0 atom stereocenters. The third-order valence-electron chi connectivity index (χ3n) is 3.46. The molecule has 106 valence electrons. The molecular formula is C17H22N2O. The molecule has 20 heavy (non-hydrogen) atoms. The van der Waals surface area contributed by atoms with Crippen LogP contribution in [-0.2, 0) is 11.3 Å². The van der Waals surface area contributed by atoms with Gasteiger partial charge in [-0.3, -0.25) is 4.79 Å². The minimum Gasteiger partial charge on any atom is -0.352 e. The van der Waals surface area contributed by atoms with Gasteiger partial charge in [0, 0.05) is 13.0 Å². The summed E-state index contributed by atoms with van der Waals surface area (Å²) in [5, 5.41) is 5.42. The van der Waals surface area contributed by atoms with Gasteiger partial charge in [-0.05, 0) is 35.7 Å².